The lowest BCUT2D eigenvalue weighted by Crippen LogP contribution is -2.45. The minimum absolute atomic E-state index is 0.178. The molecule has 3 rings (SSSR count). The lowest BCUT2D eigenvalue weighted by atomic mass is 9.74. The summed E-state index contributed by atoms with van der Waals surface area (Å²) >= 11 is 1.81. The summed E-state index contributed by atoms with van der Waals surface area (Å²) in [5.74, 6) is 1.27. The summed E-state index contributed by atoms with van der Waals surface area (Å²) in [5, 5.41) is 0. The summed E-state index contributed by atoms with van der Waals surface area (Å²) in [6.45, 7) is 2.94. The first-order valence-electron chi connectivity index (χ1n) is 7.44. The van der Waals surface area contributed by atoms with Gasteiger partial charge in [-0.05, 0) is 31.0 Å². The quantitative estimate of drug-likeness (QED) is 0.803. The lowest BCUT2D eigenvalue weighted by Gasteiger charge is -2.39. The van der Waals surface area contributed by atoms with Crippen molar-refractivity contribution in [1.29, 1.82) is 0 Å². The molecule has 4 heteroatoms. The van der Waals surface area contributed by atoms with Gasteiger partial charge in [0.15, 0.2) is 0 Å². The lowest BCUT2D eigenvalue weighted by molar-refractivity contribution is -0.129. The molecule has 2 N–H and O–H groups in total. The van der Waals surface area contributed by atoms with Gasteiger partial charge in [-0.2, -0.15) is 0 Å². The predicted octanol–water partition coefficient (Wildman–Crippen LogP) is 3.68. The SMILES string of the molecule is CC1(C(=O)N2CCSc3ccc(N)cc32)CCCCC1. The van der Waals surface area contributed by atoms with E-state index in [0.717, 1.165) is 36.5 Å². The summed E-state index contributed by atoms with van der Waals surface area (Å²) in [6.07, 6.45) is 5.66. The van der Waals surface area contributed by atoms with Gasteiger partial charge in [-0.1, -0.05) is 26.2 Å². The number of fused-ring (bicyclic) bond motifs is 1. The number of carbonyl (C=O) groups is 1. The summed E-state index contributed by atoms with van der Waals surface area (Å²) < 4.78 is 0. The third-order valence-corrected chi connectivity index (χ3v) is 5.61. The molecule has 1 aromatic carbocycles. The van der Waals surface area contributed by atoms with E-state index in [1.54, 1.807) is 0 Å². The van der Waals surface area contributed by atoms with E-state index in [1.807, 2.05) is 34.9 Å². The number of thioether (sulfide) groups is 1. The molecule has 0 bridgehead atoms. The van der Waals surface area contributed by atoms with E-state index >= 15 is 0 Å². The van der Waals surface area contributed by atoms with Crippen LogP contribution in [0.5, 0.6) is 0 Å². The highest BCUT2D eigenvalue weighted by Crippen LogP contribution is 2.42. The highest BCUT2D eigenvalue weighted by atomic mass is 32.2. The third-order valence-electron chi connectivity index (χ3n) is 4.56. The molecule has 20 heavy (non-hydrogen) atoms. The Balaban J connectivity index is 1.91. The van der Waals surface area contributed by atoms with Crippen LogP contribution in [0, 0.1) is 5.41 Å². The molecule has 1 aliphatic carbocycles. The molecule has 1 aliphatic heterocycles. The van der Waals surface area contributed by atoms with Crippen molar-refractivity contribution in [3.63, 3.8) is 0 Å². The zero-order chi connectivity index (χ0) is 14.2. The Labute approximate surface area is 124 Å². The smallest absolute Gasteiger partial charge is 0.232 e. The van der Waals surface area contributed by atoms with Crippen molar-refractivity contribution in [3.8, 4) is 0 Å². The van der Waals surface area contributed by atoms with Crippen LogP contribution in [0.15, 0.2) is 23.1 Å². The van der Waals surface area contributed by atoms with E-state index in [2.05, 4.69) is 6.92 Å². The number of rotatable bonds is 1. The Hall–Kier alpha value is -1.16. The molecule has 1 fully saturated rings. The average Bonchev–Trinajstić information content (AvgIpc) is 2.46. The second-order valence-corrected chi connectivity index (χ2v) is 7.29. The predicted molar refractivity (Wildman–Crippen MR) is 85.1 cm³/mol. The van der Waals surface area contributed by atoms with E-state index in [9.17, 15) is 4.79 Å². The van der Waals surface area contributed by atoms with Gasteiger partial charge in [-0.15, -0.1) is 11.8 Å². The van der Waals surface area contributed by atoms with Crippen molar-refractivity contribution in [2.24, 2.45) is 5.41 Å². The Morgan fingerprint density at radius 2 is 2.05 bits per heavy atom. The van der Waals surface area contributed by atoms with Crippen LogP contribution in [0.4, 0.5) is 11.4 Å². The molecule has 108 valence electrons. The molecule has 0 radical (unpaired) electrons. The normalized spacial score (nSPS) is 21.4. The second kappa shape index (κ2) is 5.32. The Kier molecular flexibility index (Phi) is 3.67. The number of nitrogen functional groups attached to an aromatic ring is 1. The van der Waals surface area contributed by atoms with Crippen molar-refractivity contribution >= 4 is 29.0 Å². The molecule has 3 nitrogen and oxygen atoms in total. The average molecular weight is 290 g/mol. The van der Waals surface area contributed by atoms with Crippen molar-refractivity contribution in [2.75, 3.05) is 22.9 Å². The highest BCUT2D eigenvalue weighted by Gasteiger charge is 2.39. The maximum absolute atomic E-state index is 13.0. The molecule has 0 aromatic heterocycles. The van der Waals surface area contributed by atoms with E-state index < -0.39 is 0 Å². The molecular formula is C16H22N2OS. The Bertz CT molecular complexity index is 523. The molecule has 0 saturated heterocycles. The van der Waals surface area contributed by atoms with Gasteiger partial charge in [-0.25, -0.2) is 0 Å². The largest absolute Gasteiger partial charge is 0.399 e. The molecule has 2 aliphatic rings. The van der Waals surface area contributed by atoms with Gasteiger partial charge >= 0.3 is 0 Å². The van der Waals surface area contributed by atoms with Crippen molar-refractivity contribution in [2.45, 2.75) is 43.9 Å². The molecule has 1 saturated carbocycles. The van der Waals surface area contributed by atoms with E-state index in [4.69, 9.17) is 5.73 Å². The van der Waals surface area contributed by atoms with E-state index in [1.165, 1.54) is 24.2 Å². The molecule has 1 aromatic rings. The minimum atomic E-state index is -0.178. The molecular weight excluding hydrogens is 268 g/mol. The topological polar surface area (TPSA) is 46.3 Å². The first-order chi connectivity index (χ1) is 9.60. The Morgan fingerprint density at radius 3 is 2.80 bits per heavy atom. The summed E-state index contributed by atoms with van der Waals surface area (Å²) in [5.41, 5.74) is 7.48. The number of anilines is 2. The van der Waals surface area contributed by atoms with Gasteiger partial charge in [-0.3, -0.25) is 4.79 Å². The number of hydrogen-bond acceptors (Lipinski definition) is 3. The second-order valence-electron chi connectivity index (χ2n) is 6.15. The standard InChI is InChI=1S/C16H22N2OS/c1-16(7-3-2-4-8-16)15(19)18-9-10-20-14-6-5-12(17)11-13(14)18/h5-6,11H,2-4,7-10,17H2,1H3. The van der Waals surface area contributed by atoms with Gasteiger partial charge in [0.2, 0.25) is 5.91 Å². The first kappa shape index (κ1) is 13.8. The number of carbonyl (C=O) groups excluding carboxylic acids is 1. The summed E-state index contributed by atoms with van der Waals surface area (Å²) in [7, 11) is 0. The number of hydrogen-bond donors (Lipinski definition) is 1. The van der Waals surface area contributed by atoms with Gasteiger partial charge in [0, 0.05) is 28.3 Å². The van der Waals surface area contributed by atoms with Gasteiger partial charge in [0.25, 0.3) is 0 Å². The third kappa shape index (κ3) is 2.41. The fourth-order valence-electron chi connectivity index (χ4n) is 3.32. The van der Waals surface area contributed by atoms with Crippen LogP contribution in [0.25, 0.3) is 0 Å². The number of nitrogens with two attached hydrogens (primary N) is 1. The fraction of sp³-hybridized carbons (Fsp3) is 0.562. The van der Waals surface area contributed by atoms with Gasteiger partial charge < -0.3 is 10.6 Å². The molecule has 0 unspecified atom stereocenters. The fourth-order valence-corrected chi connectivity index (χ4v) is 4.29. The van der Waals surface area contributed by atoms with Crippen molar-refractivity contribution < 1.29 is 4.79 Å². The van der Waals surface area contributed by atoms with E-state index in [-0.39, 0.29) is 5.41 Å². The molecule has 1 heterocycles. The van der Waals surface area contributed by atoms with Gasteiger partial charge in [0.1, 0.15) is 0 Å². The van der Waals surface area contributed by atoms with Crippen LogP contribution >= 0.6 is 11.8 Å². The zero-order valence-electron chi connectivity index (χ0n) is 12.0. The van der Waals surface area contributed by atoms with Gasteiger partial charge in [0.05, 0.1) is 5.69 Å². The van der Waals surface area contributed by atoms with Crippen LogP contribution in [-0.4, -0.2) is 18.2 Å². The van der Waals surface area contributed by atoms with Crippen LogP contribution in [0.1, 0.15) is 39.0 Å². The minimum Gasteiger partial charge on any atom is -0.399 e. The maximum atomic E-state index is 13.0. The molecule has 0 atom stereocenters. The summed E-state index contributed by atoms with van der Waals surface area (Å²) in [4.78, 5) is 16.2. The van der Waals surface area contributed by atoms with Crippen LogP contribution in [0.2, 0.25) is 0 Å². The van der Waals surface area contributed by atoms with Crippen LogP contribution < -0.4 is 10.6 Å². The summed E-state index contributed by atoms with van der Waals surface area (Å²) in [6, 6.07) is 5.91. The molecule has 1 amide bonds. The highest BCUT2D eigenvalue weighted by molar-refractivity contribution is 7.99. The van der Waals surface area contributed by atoms with Crippen LogP contribution in [-0.2, 0) is 4.79 Å². The maximum Gasteiger partial charge on any atom is 0.232 e. The van der Waals surface area contributed by atoms with Crippen molar-refractivity contribution in [1.82, 2.24) is 0 Å². The monoisotopic (exact) mass is 290 g/mol. The van der Waals surface area contributed by atoms with Crippen LogP contribution in [0.3, 0.4) is 0 Å². The van der Waals surface area contributed by atoms with Crippen molar-refractivity contribution in [3.05, 3.63) is 18.2 Å². The number of amides is 1. The molecule has 0 spiro atoms. The van der Waals surface area contributed by atoms with E-state index in [0.29, 0.717) is 5.91 Å². The zero-order valence-corrected chi connectivity index (χ0v) is 12.8. The number of benzene rings is 1. The number of nitrogens with zero attached hydrogens (tertiary/aromatic N) is 1. The Morgan fingerprint density at radius 1 is 1.30 bits per heavy atom. The first-order valence-corrected chi connectivity index (χ1v) is 8.43.